The van der Waals surface area contributed by atoms with Gasteiger partial charge in [-0.05, 0) is 23.5 Å². The second-order valence-corrected chi connectivity index (χ2v) is 6.15. The van der Waals surface area contributed by atoms with E-state index in [4.69, 9.17) is 5.11 Å². The van der Waals surface area contributed by atoms with Crippen LogP contribution in [0, 0.1) is 23.2 Å². The van der Waals surface area contributed by atoms with Crippen LogP contribution in [0.25, 0.3) is 0 Å². The highest BCUT2D eigenvalue weighted by Gasteiger charge is 2.23. The summed E-state index contributed by atoms with van der Waals surface area (Å²) < 4.78 is 0. The van der Waals surface area contributed by atoms with Crippen LogP contribution in [0.3, 0.4) is 0 Å². The zero-order valence-corrected chi connectivity index (χ0v) is 13.4. The van der Waals surface area contributed by atoms with Gasteiger partial charge in [-0.25, -0.2) is 0 Å². The molecule has 0 spiro atoms. The molecule has 0 aliphatic heterocycles. The van der Waals surface area contributed by atoms with Crippen molar-refractivity contribution in [1.82, 2.24) is 5.32 Å². The minimum absolute atomic E-state index is 0.0317. The number of rotatable bonds is 5. The summed E-state index contributed by atoms with van der Waals surface area (Å²) in [6.45, 7) is 9.25. The van der Waals surface area contributed by atoms with Crippen molar-refractivity contribution in [3.63, 3.8) is 0 Å². The second-order valence-electron chi connectivity index (χ2n) is 6.15. The van der Waals surface area contributed by atoms with E-state index in [1.807, 2.05) is 18.2 Å². The number of nitrogens with one attached hydrogen (secondary N) is 1. The topological polar surface area (TPSA) is 49.3 Å². The highest BCUT2D eigenvalue weighted by molar-refractivity contribution is 5.96. The molecule has 0 atom stereocenters. The van der Waals surface area contributed by atoms with E-state index in [-0.39, 0.29) is 17.9 Å². The molecule has 114 valence electrons. The average molecular weight is 287 g/mol. The number of carbonyl (C=O) groups is 1. The van der Waals surface area contributed by atoms with E-state index in [1.54, 1.807) is 6.07 Å². The summed E-state index contributed by atoms with van der Waals surface area (Å²) in [5, 5.41) is 11.8. The zero-order valence-electron chi connectivity index (χ0n) is 13.4. The van der Waals surface area contributed by atoms with E-state index >= 15 is 0 Å². The maximum Gasteiger partial charge on any atom is 0.252 e. The lowest BCUT2D eigenvalue weighted by Gasteiger charge is -2.29. The first-order chi connectivity index (χ1) is 9.88. The van der Waals surface area contributed by atoms with Crippen LogP contribution in [-0.4, -0.2) is 24.2 Å². The Morgan fingerprint density at radius 3 is 2.62 bits per heavy atom. The van der Waals surface area contributed by atoms with Crippen LogP contribution >= 0.6 is 0 Å². The second kappa shape index (κ2) is 7.85. The van der Waals surface area contributed by atoms with Crippen molar-refractivity contribution >= 4 is 5.91 Å². The van der Waals surface area contributed by atoms with Crippen molar-refractivity contribution in [3.8, 4) is 11.8 Å². The third-order valence-corrected chi connectivity index (χ3v) is 3.90. The molecule has 2 N–H and O–H groups in total. The van der Waals surface area contributed by atoms with E-state index in [2.05, 4.69) is 44.9 Å². The zero-order chi connectivity index (χ0) is 15.9. The standard InChI is InChI=1S/C18H25NO2/c1-14(2)18(3,4)13-19-17(21)16-11-6-5-9-15(16)10-7-8-12-20/h5-6,9,11,14,20H,8,12-13H2,1-4H3,(H,19,21). The number of aliphatic hydroxyl groups excluding tert-OH is 1. The summed E-state index contributed by atoms with van der Waals surface area (Å²) in [5.74, 6) is 6.19. The summed E-state index contributed by atoms with van der Waals surface area (Å²) in [7, 11) is 0. The third kappa shape index (κ3) is 5.24. The van der Waals surface area contributed by atoms with E-state index in [0.29, 0.717) is 30.0 Å². The van der Waals surface area contributed by atoms with Gasteiger partial charge in [0, 0.05) is 18.5 Å². The lowest BCUT2D eigenvalue weighted by atomic mass is 9.81. The van der Waals surface area contributed by atoms with Crippen molar-refractivity contribution < 1.29 is 9.90 Å². The molecule has 0 heterocycles. The number of amides is 1. The lowest BCUT2D eigenvalue weighted by molar-refractivity contribution is 0.0924. The third-order valence-electron chi connectivity index (χ3n) is 3.90. The molecule has 0 saturated heterocycles. The van der Waals surface area contributed by atoms with E-state index in [9.17, 15) is 4.79 Å². The molecule has 0 saturated carbocycles. The smallest absolute Gasteiger partial charge is 0.252 e. The normalized spacial score (nSPS) is 11.0. The summed E-state index contributed by atoms with van der Waals surface area (Å²) >= 11 is 0. The number of benzene rings is 1. The summed E-state index contributed by atoms with van der Waals surface area (Å²) in [6.07, 6.45) is 0.413. The fourth-order valence-electron chi connectivity index (χ4n) is 1.61. The fraction of sp³-hybridized carbons (Fsp3) is 0.500. The Hall–Kier alpha value is -1.79. The Labute approximate surface area is 127 Å². The van der Waals surface area contributed by atoms with Gasteiger partial charge < -0.3 is 10.4 Å². The number of carbonyl (C=O) groups excluding carboxylic acids is 1. The van der Waals surface area contributed by atoms with E-state index in [1.165, 1.54) is 0 Å². The largest absolute Gasteiger partial charge is 0.395 e. The van der Waals surface area contributed by atoms with Crippen LogP contribution in [0.1, 0.15) is 50.0 Å². The van der Waals surface area contributed by atoms with Crippen LogP contribution < -0.4 is 5.32 Å². The highest BCUT2D eigenvalue weighted by atomic mass is 16.2. The predicted octanol–water partition coefficient (Wildman–Crippen LogP) is 2.83. The van der Waals surface area contributed by atoms with Gasteiger partial charge in [0.1, 0.15) is 0 Å². The number of hydrogen-bond donors (Lipinski definition) is 2. The molecular formula is C18H25NO2. The van der Waals surface area contributed by atoms with Gasteiger partial charge in [-0.1, -0.05) is 51.7 Å². The van der Waals surface area contributed by atoms with Gasteiger partial charge in [0.15, 0.2) is 0 Å². The van der Waals surface area contributed by atoms with Crippen molar-refractivity contribution in [1.29, 1.82) is 0 Å². The van der Waals surface area contributed by atoms with Crippen LogP contribution in [0.15, 0.2) is 24.3 Å². The molecule has 0 bridgehead atoms. The Kier molecular flexibility index (Phi) is 6.45. The van der Waals surface area contributed by atoms with E-state index in [0.717, 1.165) is 0 Å². The van der Waals surface area contributed by atoms with Crippen molar-refractivity contribution in [2.24, 2.45) is 11.3 Å². The SMILES string of the molecule is CC(C)C(C)(C)CNC(=O)c1ccccc1C#CCCO. The van der Waals surface area contributed by atoms with Crippen LogP contribution in [0.5, 0.6) is 0 Å². The van der Waals surface area contributed by atoms with Gasteiger partial charge in [-0.3, -0.25) is 4.79 Å². The molecule has 0 aromatic heterocycles. The molecule has 1 rings (SSSR count). The summed E-state index contributed by atoms with van der Waals surface area (Å²) in [4.78, 5) is 12.3. The first-order valence-corrected chi connectivity index (χ1v) is 7.35. The first-order valence-electron chi connectivity index (χ1n) is 7.35. The quantitative estimate of drug-likeness (QED) is 0.818. The molecule has 0 unspecified atom stereocenters. The molecule has 1 amide bonds. The Balaban J connectivity index is 2.82. The molecule has 0 fully saturated rings. The van der Waals surface area contributed by atoms with Gasteiger partial charge in [0.25, 0.3) is 5.91 Å². The molecule has 1 aromatic rings. The molecular weight excluding hydrogens is 262 g/mol. The first kappa shape index (κ1) is 17.3. The van der Waals surface area contributed by atoms with Gasteiger partial charge in [0.05, 0.1) is 12.2 Å². The number of hydrogen-bond acceptors (Lipinski definition) is 2. The van der Waals surface area contributed by atoms with Gasteiger partial charge in [0.2, 0.25) is 0 Å². The lowest BCUT2D eigenvalue weighted by Crippen LogP contribution is -2.37. The monoisotopic (exact) mass is 287 g/mol. The van der Waals surface area contributed by atoms with Crippen LogP contribution in [-0.2, 0) is 0 Å². The predicted molar refractivity (Wildman–Crippen MR) is 86.0 cm³/mol. The van der Waals surface area contributed by atoms with Crippen molar-refractivity contribution in [2.75, 3.05) is 13.2 Å². The Bertz CT molecular complexity index is 536. The minimum atomic E-state index is -0.0994. The maximum atomic E-state index is 12.3. The Morgan fingerprint density at radius 2 is 2.00 bits per heavy atom. The van der Waals surface area contributed by atoms with Crippen LogP contribution in [0.2, 0.25) is 0 Å². The molecule has 0 aliphatic rings. The fourth-order valence-corrected chi connectivity index (χ4v) is 1.61. The Morgan fingerprint density at radius 1 is 1.33 bits per heavy atom. The van der Waals surface area contributed by atoms with E-state index < -0.39 is 0 Å². The van der Waals surface area contributed by atoms with Crippen molar-refractivity contribution in [2.45, 2.75) is 34.1 Å². The molecule has 3 nitrogen and oxygen atoms in total. The van der Waals surface area contributed by atoms with Crippen molar-refractivity contribution in [3.05, 3.63) is 35.4 Å². The average Bonchev–Trinajstić information content (AvgIpc) is 2.45. The van der Waals surface area contributed by atoms with Gasteiger partial charge in [-0.2, -0.15) is 0 Å². The summed E-state index contributed by atoms with van der Waals surface area (Å²) in [6, 6.07) is 7.30. The van der Waals surface area contributed by atoms with Crippen LogP contribution in [0.4, 0.5) is 0 Å². The molecule has 0 aliphatic carbocycles. The molecule has 21 heavy (non-hydrogen) atoms. The minimum Gasteiger partial charge on any atom is -0.395 e. The van der Waals surface area contributed by atoms with Gasteiger partial charge in [-0.15, -0.1) is 0 Å². The maximum absolute atomic E-state index is 12.3. The molecule has 1 aromatic carbocycles. The number of aliphatic hydroxyl groups is 1. The summed E-state index contributed by atoms with van der Waals surface area (Å²) in [5.41, 5.74) is 1.33. The molecule has 3 heteroatoms. The van der Waals surface area contributed by atoms with Gasteiger partial charge >= 0.3 is 0 Å². The highest BCUT2D eigenvalue weighted by Crippen LogP contribution is 2.24. The molecule has 0 radical (unpaired) electrons.